The van der Waals surface area contributed by atoms with Crippen molar-refractivity contribution < 1.29 is 4.74 Å². The molecule has 5 aromatic carbocycles. The molecule has 1 heterocycles. The van der Waals surface area contributed by atoms with Crippen LogP contribution in [0.3, 0.4) is 0 Å². The van der Waals surface area contributed by atoms with Crippen molar-refractivity contribution >= 4 is 34.5 Å². The van der Waals surface area contributed by atoms with E-state index < -0.39 is 8.07 Å². The van der Waals surface area contributed by atoms with Crippen LogP contribution in [-0.2, 0) is 12.5 Å². The Morgan fingerprint density at radius 3 is 2.04 bits per heavy atom. The Morgan fingerprint density at radius 1 is 0.783 bits per heavy atom. The number of aromatic nitrogens is 1. The maximum atomic E-state index is 6.91. The summed E-state index contributed by atoms with van der Waals surface area (Å²) in [6, 6.07) is 43.6. The maximum Gasteiger partial charge on any atom is 0.164 e. The molecule has 3 heteroatoms. The van der Waals surface area contributed by atoms with E-state index in [1.807, 2.05) is 6.08 Å². The van der Waals surface area contributed by atoms with Gasteiger partial charge >= 0.3 is 0 Å². The lowest BCUT2D eigenvalue weighted by Gasteiger charge is -2.42. The van der Waals surface area contributed by atoms with Crippen LogP contribution in [0.5, 0.6) is 5.75 Å². The smallest absolute Gasteiger partial charge is 0.164 e. The van der Waals surface area contributed by atoms with Crippen molar-refractivity contribution in [2.45, 2.75) is 45.6 Å². The number of fused-ring (bicyclic) bond motifs is 5. The summed E-state index contributed by atoms with van der Waals surface area (Å²) in [5.41, 5.74) is 10.6. The molecular weight excluding hydrogens is 575 g/mol. The van der Waals surface area contributed by atoms with Gasteiger partial charge in [-0.25, -0.2) is 0 Å². The van der Waals surface area contributed by atoms with E-state index in [0.29, 0.717) is 6.61 Å². The number of benzene rings is 5. The largest absolute Gasteiger partial charge is 0.489 e. The molecule has 0 saturated carbocycles. The van der Waals surface area contributed by atoms with Gasteiger partial charge < -0.3 is 9.30 Å². The maximum absolute atomic E-state index is 6.91. The fourth-order valence-electron chi connectivity index (χ4n) is 8.06. The molecule has 7 rings (SSSR count). The average molecular weight is 618 g/mol. The molecule has 230 valence electrons. The molecular formula is C43H43NOSi. The molecule has 6 aromatic rings. The van der Waals surface area contributed by atoms with Crippen molar-refractivity contribution in [2.75, 3.05) is 6.61 Å². The molecule has 1 aliphatic carbocycles. The van der Waals surface area contributed by atoms with Crippen LogP contribution in [0.2, 0.25) is 0 Å². The highest BCUT2D eigenvalue weighted by Gasteiger charge is 2.54. The summed E-state index contributed by atoms with van der Waals surface area (Å²) in [6.07, 6.45) is 1.88. The van der Waals surface area contributed by atoms with Crippen LogP contribution in [0, 0.1) is 13.8 Å². The lowest BCUT2D eigenvalue weighted by molar-refractivity contribution is 0.354. The second kappa shape index (κ2) is 11.3. The van der Waals surface area contributed by atoms with E-state index in [1.54, 1.807) is 0 Å². The third-order valence-electron chi connectivity index (χ3n) is 9.91. The Kier molecular flexibility index (Phi) is 7.41. The molecule has 0 saturated heterocycles. The summed E-state index contributed by atoms with van der Waals surface area (Å²) < 4.78 is 9.34. The first kappa shape index (κ1) is 30.1. The number of nitrogens with zero attached hydrogens (tertiary/aromatic N) is 1. The van der Waals surface area contributed by atoms with Crippen molar-refractivity contribution in [1.82, 2.24) is 4.57 Å². The molecule has 0 spiro atoms. The number of aryl methyl sites for hydroxylation is 3. The zero-order valence-corrected chi connectivity index (χ0v) is 28.9. The average Bonchev–Trinajstić information content (AvgIpc) is 3.54. The molecule has 0 fully saturated rings. The van der Waals surface area contributed by atoms with Gasteiger partial charge in [0, 0.05) is 29.1 Å². The van der Waals surface area contributed by atoms with E-state index in [0.717, 1.165) is 5.75 Å². The predicted octanol–water partition coefficient (Wildman–Crippen LogP) is 8.48. The Morgan fingerprint density at radius 2 is 1.41 bits per heavy atom. The molecule has 1 aliphatic rings. The van der Waals surface area contributed by atoms with Gasteiger partial charge in [-0.3, -0.25) is 0 Å². The van der Waals surface area contributed by atoms with E-state index in [1.165, 1.54) is 65.5 Å². The molecule has 46 heavy (non-hydrogen) atoms. The van der Waals surface area contributed by atoms with Crippen LogP contribution in [0.25, 0.3) is 22.2 Å². The van der Waals surface area contributed by atoms with Crippen LogP contribution in [0.15, 0.2) is 128 Å². The van der Waals surface area contributed by atoms with Gasteiger partial charge in [0.2, 0.25) is 0 Å². The van der Waals surface area contributed by atoms with E-state index in [9.17, 15) is 0 Å². The first-order valence-corrected chi connectivity index (χ1v) is 18.4. The van der Waals surface area contributed by atoms with Gasteiger partial charge in [-0.15, -0.1) is 0 Å². The summed E-state index contributed by atoms with van der Waals surface area (Å²) in [4.78, 5) is 0. The lowest BCUT2D eigenvalue weighted by Crippen LogP contribution is -2.71. The Bertz CT molecular complexity index is 2040. The van der Waals surface area contributed by atoms with Gasteiger partial charge in [0.25, 0.3) is 0 Å². The summed E-state index contributed by atoms with van der Waals surface area (Å²) in [7, 11) is -0.780. The number of hydrogen-bond acceptors (Lipinski definition) is 1. The summed E-state index contributed by atoms with van der Waals surface area (Å²) in [6.45, 7) is 15.9. The van der Waals surface area contributed by atoms with E-state index in [-0.39, 0.29) is 11.0 Å². The molecule has 1 atom stereocenters. The second-order valence-corrected chi connectivity index (χ2v) is 17.8. The third kappa shape index (κ3) is 4.52. The van der Waals surface area contributed by atoms with Crippen molar-refractivity contribution in [2.24, 2.45) is 7.05 Å². The van der Waals surface area contributed by atoms with Crippen LogP contribution in [0.1, 0.15) is 54.1 Å². The predicted molar refractivity (Wildman–Crippen MR) is 198 cm³/mol. The van der Waals surface area contributed by atoms with E-state index >= 15 is 0 Å². The second-order valence-electron chi connectivity index (χ2n) is 13.9. The SMILES string of the molecule is C=CCOc1c(C(C)(C)C)cc(C)cc1[Si](c1ccccc1)(c1ccccc1)C1c2ccccc2-c2c1c1cc(C)ccc1n2C. The highest BCUT2D eigenvalue weighted by Crippen LogP contribution is 2.53. The van der Waals surface area contributed by atoms with Crippen LogP contribution in [-0.4, -0.2) is 19.2 Å². The Balaban J connectivity index is 1.75. The summed E-state index contributed by atoms with van der Waals surface area (Å²) in [5, 5.41) is 5.44. The number of ether oxygens (including phenoxy) is 1. The van der Waals surface area contributed by atoms with Crippen LogP contribution in [0.4, 0.5) is 0 Å². The molecule has 0 N–H and O–H groups in total. The van der Waals surface area contributed by atoms with E-state index in [2.05, 4.69) is 168 Å². The third-order valence-corrected chi connectivity index (χ3v) is 15.1. The number of hydrogen-bond donors (Lipinski definition) is 0. The normalized spacial score (nSPS) is 14.3. The number of rotatable bonds is 7. The van der Waals surface area contributed by atoms with Gasteiger partial charge in [-0.1, -0.05) is 148 Å². The van der Waals surface area contributed by atoms with Crippen LogP contribution < -0.4 is 20.3 Å². The molecule has 2 nitrogen and oxygen atoms in total. The monoisotopic (exact) mass is 617 g/mol. The van der Waals surface area contributed by atoms with Crippen molar-refractivity contribution in [3.63, 3.8) is 0 Å². The fraction of sp³-hybridized carbons (Fsp3) is 0.209. The van der Waals surface area contributed by atoms with Crippen molar-refractivity contribution in [3.05, 3.63) is 156 Å². The highest BCUT2D eigenvalue weighted by molar-refractivity contribution is 7.13. The highest BCUT2D eigenvalue weighted by atomic mass is 28.3. The van der Waals surface area contributed by atoms with Gasteiger partial charge in [0.05, 0.1) is 5.69 Å². The van der Waals surface area contributed by atoms with Gasteiger partial charge in [-0.05, 0) is 63.6 Å². The topological polar surface area (TPSA) is 14.2 Å². The lowest BCUT2D eigenvalue weighted by atomic mass is 9.85. The molecule has 1 aromatic heterocycles. The minimum Gasteiger partial charge on any atom is -0.489 e. The molecule has 0 radical (unpaired) electrons. The quantitative estimate of drug-likeness (QED) is 0.0996. The molecule has 0 aliphatic heterocycles. The first-order valence-electron chi connectivity index (χ1n) is 16.4. The van der Waals surface area contributed by atoms with Gasteiger partial charge in [0.1, 0.15) is 12.4 Å². The molecule has 0 bridgehead atoms. The summed E-state index contributed by atoms with van der Waals surface area (Å²) in [5.74, 6) is 1.01. The fourth-order valence-corrected chi connectivity index (χ4v) is 13.9. The minimum absolute atomic E-state index is 0.106. The standard InChI is InChI=1S/C43H43NOSi/c1-8-25-45-41-36(43(4,5)6)27-30(3)28-38(41)46(31-17-11-9-12-18-31,32-19-13-10-14-20-32)42-34-22-16-15-21-33(34)40-39(42)35-26-29(2)23-24-37(35)44(40)7/h8-24,26-28,42H,1,25H2,2-7H3. The zero-order chi connectivity index (χ0) is 32.2. The first-order chi connectivity index (χ1) is 22.2. The van der Waals surface area contributed by atoms with Gasteiger partial charge in [-0.2, -0.15) is 0 Å². The minimum atomic E-state index is -3.02. The van der Waals surface area contributed by atoms with Crippen molar-refractivity contribution in [3.8, 4) is 17.0 Å². The zero-order valence-electron chi connectivity index (χ0n) is 27.9. The molecule has 0 amide bonds. The van der Waals surface area contributed by atoms with Gasteiger partial charge in [0.15, 0.2) is 8.07 Å². The van der Waals surface area contributed by atoms with Crippen molar-refractivity contribution in [1.29, 1.82) is 0 Å². The molecule has 1 unspecified atom stereocenters. The van der Waals surface area contributed by atoms with E-state index in [4.69, 9.17) is 4.74 Å². The Hall–Kier alpha value is -4.60. The summed E-state index contributed by atoms with van der Waals surface area (Å²) >= 11 is 0. The van der Waals surface area contributed by atoms with Crippen LogP contribution >= 0.6 is 0 Å². The Labute approximate surface area is 275 Å².